The van der Waals surface area contributed by atoms with Gasteiger partial charge in [0.15, 0.2) is 0 Å². The van der Waals surface area contributed by atoms with E-state index in [4.69, 9.17) is 6.42 Å². The van der Waals surface area contributed by atoms with Crippen LogP contribution >= 0.6 is 0 Å². The second kappa shape index (κ2) is 3.99. The molecule has 0 aliphatic carbocycles. The van der Waals surface area contributed by atoms with E-state index < -0.39 is 15.2 Å². The van der Waals surface area contributed by atoms with E-state index in [1.807, 2.05) is 0 Å². The molecule has 0 spiro atoms. The van der Waals surface area contributed by atoms with Crippen LogP contribution in [0.5, 0.6) is 0 Å². The molecule has 0 radical (unpaired) electrons. The molecule has 0 atom stereocenters. The first kappa shape index (κ1) is 12.3. The maximum absolute atomic E-state index is 5.71. The number of rotatable bonds is 2. The van der Waals surface area contributed by atoms with Crippen LogP contribution in [-0.4, -0.2) is 15.2 Å². The van der Waals surface area contributed by atoms with Crippen LogP contribution < -0.4 is 5.19 Å². The van der Waals surface area contributed by atoms with Gasteiger partial charge in [0.05, 0.1) is 7.59 Å². The molecule has 0 aliphatic rings. The maximum Gasteiger partial charge on any atom is 0.128 e. The molecule has 0 bridgehead atoms. The van der Waals surface area contributed by atoms with Crippen LogP contribution in [0.4, 0.5) is 0 Å². The van der Waals surface area contributed by atoms with E-state index in [1.54, 1.807) is 0 Å². The lowest BCUT2D eigenvalue weighted by atomic mass is 10.2. The fraction of sp³-hybridized carbons (Fsp3) is 0.385. The third kappa shape index (κ3) is 2.24. The van der Waals surface area contributed by atoms with E-state index in [0.717, 1.165) is 0 Å². The normalized spacial score (nSPS) is 12.3. The molecule has 0 saturated heterocycles. The van der Waals surface area contributed by atoms with Gasteiger partial charge in [0.1, 0.15) is 7.59 Å². The third-order valence-electron chi connectivity index (χ3n) is 3.70. The summed E-state index contributed by atoms with van der Waals surface area (Å²) in [5, 5.41) is 1.50. The van der Waals surface area contributed by atoms with Gasteiger partial charge in [0.2, 0.25) is 0 Å². The van der Waals surface area contributed by atoms with Gasteiger partial charge >= 0.3 is 0 Å². The molecule has 2 heteroatoms. The number of hydrogen-bond acceptors (Lipinski definition) is 0. The van der Waals surface area contributed by atoms with Crippen LogP contribution in [0.1, 0.15) is 5.56 Å². The molecule has 0 nitrogen and oxygen atoms in total. The van der Waals surface area contributed by atoms with Gasteiger partial charge in [0, 0.05) is 0 Å². The fourth-order valence-corrected chi connectivity index (χ4v) is 7.34. The second-order valence-electron chi connectivity index (χ2n) is 5.26. The highest BCUT2D eigenvalue weighted by Crippen LogP contribution is 2.18. The Morgan fingerprint density at radius 1 is 1.00 bits per heavy atom. The average Bonchev–Trinajstić information content (AvgIpc) is 2.18. The van der Waals surface area contributed by atoms with Gasteiger partial charge in [-0.2, -0.15) is 0 Å². The maximum atomic E-state index is 5.71. The Kier molecular flexibility index (Phi) is 3.27. The zero-order valence-electron chi connectivity index (χ0n) is 10.4. The van der Waals surface area contributed by atoms with Crippen LogP contribution in [0.15, 0.2) is 24.3 Å². The molecule has 0 saturated carbocycles. The molecular weight excluding hydrogens is 212 g/mol. The summed E-state index contributed by atoms with van der Waals surface area (Å²) in [5.41, 5.74) is 4.42. The van der Waals surface area contributed by atoms with Gasteiger partial charge in [-0.1, -0.05) is 61.2 Å². The summed E-state index contributed by atoms with van der Waals surface area (Å²) in [6.07, 6.45) is 5.71. The Balaban J connectivity index is 3.18. The molecule has 0 aromatic heterocycles. The van der Waals surface area contributed by atoms with Crippen molar-refractivity contribution in [3.05, 3.63) is 29.8 Å². The van der Waals surface area contributed by atoms with Crippen molar-refractivity contribution in [2.45, 2.75) is 33.1 Å². The molecule has 0 aliphatic heterocycles. The van der Waals surface area contributed by atoms with Crippen molar-refractivity contribution in [3.63, 3.8) is 0 Å². The van der Waals surface area contributed by atoms with Gasteiger partial charge in [-0.15, -0.1) is 12.0 Å². The standard InChI is InChI=1S/C13H20Si2/c1-7-14(3,4)15(5,6)13-10-8-12(2)9-11-13/h1,8-11H,2-6H3. The molecule has 0 fully saturated rings. The Labute approximate surface area is 95.5 Å². The molecular formula is C13H20Si2. The molecule has 0 N–H and O–H groups in total. The average molecular weight is 232 g/mol. The minimum absolute atomic E-state index is 1.32. The van der Waals surface area contributed by atoms with Crippen molar-refractivity contribution in [1.82, 2.24) is 0 Å². The largest absolute Gasteiger partial charge is 0.138 e. The van der Waals surface area contributed by atoms with Crippen molar-refractivity contribution in [1.29, 1.82) is 0 Å². The highest BCUT2D eigenvalue weighted by Gasteiger charge is 2.41. The smallest absolute Gasteiger partial charge is 0.128 e. The molecule has 1 aromatic rings. The summed E-state index contributed by atoms with van der Waals surface area (Å²) in [4.78, 5) is 0. The van der Waals surface area contributed by atoms with Crippen LogP contribution in [0.3, 0.4) is 0 Å². The Morgan fingerprint density at radius 3 is 1.87 bits per heavy atom. The van der Waals surface area contributed by atoms with E-state index in [1.165, 1.54) is 10.8 Å². The minimum Gasteiger partial charge on any atom is -0.138 e. The van der Waals surface area contributed by atoms with E-state index >= 15 is 0 Å². The Bertz CT molecular complexity index is 380. The van der Waals surface area contributed by atoms with Gasteiger partial charge in [-0.25, -0.2) is 0 Å². The van der Waals surface area contributed by atoms with Gasteiger partial charge < -0.3 is 0 Å². The molecule has 15 heavy (non-hydrogen) atoms. The Morgan fingerprint density at radius 2 is 1.47 bits per heavy atom. The molecule has 1 rings (SSSR count). The molecule has 80 valence electrons. The van der Waals surface area contributed by atoms with Gasteiger partial charge in [-0.05, 0) is 6.92 Å². The van der Waals surface area contributed by atoms with Gasteiger partial charge in [-0.3, -0.25) is 0 Å². The third-order valence-corrected chi connectivity index (χ3v) is 20.0. The summed E-state index contributed by atoms with van der Waals surface area (Å²) >= 11 is 0. The predicted octanol–water partition coefficient (Wildman–Crippen LogP) is 2.87. The molecule has 0 heterocycles. The van der Waals surface area contributed by atoms with Crippen LogP contribution in [0.2, 0.25) is 26.2 Å². The molecule has 0 amide bonds. The van der Waals surface area contributed by atoms with Crippen molar-refractivity contribution in [3.8, 4) is 12.0 Å². The lowest BCUT2D eigenvalue weighted by Crippen LogP contribution is -2.62. The number of terminal acetylenes is 1. The van der Waals surface area contributed by atoms with E-state index in [9.17, 15) is 0 Å². The predicted molar refractivity (Wildman–Crippen MR) is 74.6 cm³/mol. The van der Waals surface area contributed by atoms with E-state index in [0.29, 0.717) is 0 Å². The fourth-order valence-electron chi connectivity index (χ4n) is 1.51. The summed E-state index contributed by atoms with van der Waals surface area (Å²) in [6, 6.07) is 8.94. The van der Waals surface area contributed by atoms with E-state index in [2.05, 4.69) is 62.9 Å². The zero-order chi connectivity index (χ0) is 11.7. The summed E-state index contributed by atoms with van der Waals surface area (Å²) in [7, 11) is -2.92. The molecule has 0 unspecified atom stereocenters. The highest BCUT2D eigenvalue weighted by atomic mass is 29.3. The van der Waals surface area contributed by atoms with E-state index in [-0.39, 0.29) is 0 Å². The topological polar surface area (TPSA) is 0 Å². The first-order valence-electron chi connectivity index (χ1n) is 5.36. The van der Waals surface area contributed by atoms with Crippen molar-refractivity contribution < 1.29 is 0 Å². The molecule has 1 aromatic carbocycles. The summed E-state index contributed by atoms with van der Waals surface area (Å²) < 4.78 is 0. The minimum atomic E-state index is -1.50. The lowest BCUT2D eigenvalue weighted by Gasteiger charge is -2.34. The monoisotopic (exact) mass is 232 g/mol. The first-order valence-corrected chi connectivity index (χ1v) is 12.4. The van der Waals surface area contributed by atoms with Crippen molar-refractivity contribution in [2.24, 2.45) is 0 Å². The lowest BCUT2D eigenvalue weighted by molar-refractivity contribution is 1.48. The van der Waals surface area contributed by atoms with Crippen LogP contribution in [0, 0.1) is 18.9 Å². The number of benzene rings is 1. The van der Waals surface area contributed by atoms with Gasteiger partial charge in [0.25, 0.3) is 0 Å². The van der Waals surface area contributed by atoms with Crippen molar-refractivity contribution in [2.75, 3.05) is 0 Å². The summed E-state index contributed by atoms with van der Waals surface area (Å²) in [6.45, 7) is 11.6. The summed E-state index contributed by atoms with van der Waals surface area (Å²) in [5.74, 6) is 0. The zero-order valence-corrected chi connectivity index (χ0v) is 12.4. The van der Waals surface area contributed by atoms with Crippen molar-refractivity contribution >= 4 is 20.4 Å². The quantitative estimate of drug-likeness (QED) is 0.543. The SMILES string of the molecule is C#C[Si](C)(C)[Si](C)(C)c1ccc(C)cc1. The Hall–Kier alpha value is -0.786. The van der Waals surface area contributed by atoms with Crippen LogP contribution in [-0.2, 0) is 0 Å². The first-order chi connectivity index (χ1) is 6.81. The second-order valence-corrected chi connectivity index (χ2v) is 20.1. The number of aryl methyl sites for hydroxylation is 1. The highest BCUT2D eigenvalue weighted by molar-refractivity contribution is 7.48. The van der Waals surface area contributed by atoms with Crippen LogP contribution in [0.25, 0.3) is 0 Å². The number of hydrogen-bond donors (Lipinski definition) is 0.